The topological polar surface area (TPSA) is 52.6 Å². The van der Waals surface area contributed by atoms with Gasteiger partial charge in [0.05, 0.1) is 0 Å². The fourth-order valence-electron chi connectivity index (χ4n) is 1.42. The Morgan fingerprint density at radius 3 is 2.69 bits per heavy atom. The molecule has 1 amide bonds. The molecule has 2 N–H and O–H groups in total. The van der Waals surface area contributed by atoms with Gasteiger partial charge in [-0.3, -0.25) is 4.79 Å². The summed E-state index contributed by atoms with van der Waals surface area (Å²) in [4.78, 5) is 12.9. The van der Waals surface area contributed by atoms with Crippen molar-refractivity contribution in [3.8, 4) is 0 Å². The molecule has 0 aromatic heterocycles. The summed E-state index contributed by atoms with van der Waals surface area (Å²) in [5.41, 5.74) is 1.25. The van der Waals surface area contributed by atoms with Crippen molar-refractivity contribution >= 4 is 5.91 Å². The third-order valence-electron chi connectivity index (χ3n) is 2.25. The molecule has 1 aromatic rings. The normalized spacial score (nSPS) is 10.4. The highest BCUT2D eigenvalue weighted by molar-refractivity contribution is 5.76. The Hall–Kier alpha value is -1.39. The first-order chi connectivity index (χ1) is 7.72. The van der Waals surface area contributed by atoms with E-state index in [-0.39, 0.29) is 5.91 Å². The van der Waals surface area contributed by atoms with Gasteiger partial charge in [-0.15, -0.1) is 0 Å². The molecule has 1 aromatic carbocycles. The quantitative estimate of drug-likeness (QED) is 0.724. The molecule has 0 aliphatic rings. The van der Waals surface area contributed by atoms with E-state index in [2.05, 4.69) is 22.3 Å². The van der Waals surface area contributed by atoms with E-state index in [9.17, 15) is 4.79 Å². The van der Waals surface area contributed by atoms with E-state index in [1.54, 1.807) is 0 Å². The molecule has 0 saturated carbocycles. The Labute approximate surface area is 95.9 Å². The van der Waals surface area contributed by atoms with Crippen LogP contribution in [0.4, 0.5) is 0 Å². The molecular formula is C12H18N2O2. The zero-order chi connectivity index (χ0) is 11.8. The van der Waals surface area contributed by atoms with Crippen LogP contribution in [0, 0.1) is 0 Å². The second kappa shape index (κ2) is 6.98. The summed E-state index contributed by atoms with van der Waals surface area (Å²) < 4.78 is 0. The molecule has 0 aliphatic heterocycles. The molecule has 0 fully saturated rings. The number of carbonyl (C=O) groups is 1. The number of aliphatic hydroxyl groups is 1. The number of hydrogen-bond donors (Lipinski definition) is 2. The number of likely N-dealkylation sites (N-methyl/N-ethyl adjacent to an activating group) is 1. The van der Waals surface area contributed by atoms with Crippen LogP contribution in [0.3, 0.4) is 0 Å². The van der Waals surface area contributed by atoms with Gasteiger partial charge in [-0.05, 0) is 12.6 Å². The molecule has 0 aliphatic carbocycles. The number of hydrogen-bond acceptors (Lipinski definition) is 3. The molecule has 0 atom stereocenters. The lowest BCUT2D eigenvalue weighted by Crippen LogP contribution is -2.34. The SMILES string of the molecule is CN(CCNC(=O)CO)Cc1ccccc1. The van der Waals surface area contributed by atoms with Crippen molar-refractivity contribution in [3.05, 3.63) is 35.9 Å². The predicted octanol–water partition coefficient (Wildman–Crippen LogP) is 0.227. The number of benzene rings is 1. The van der Waals surface area contributed by atoms with E-state index in [0.29, 0.717) is 6.54 Å². The van der Waals surface area contributed by atoms with Gasteiger partial charge in [0.25, 0.3) is 0 Å². The van der Waals surface area contributed by atoms with Crippen molar-refractivity contribution < 1.29 is 9.90 Å². The molecular weight excluding hydrogens is 204 g/mol. The molecule has 0 spiro atoms. The van der Waals surface area contributed by atoms with Crippen LogP contribution in [0.15, 0.2) is 30.3 Å². The highest BCUT2D eigenvalue weighted by Gasteiger charge is 2.01. The third-order valence-corrected chi connectivity index (χ3v) is 2.25. The van der Waals surface area contributed by atoms with Crippen LogP contribution in [-0.4, -0.2) is 42.7 Å². The fraction of sp³-hybridized carbons (Fsp3) is 0.417. The van der Waals surface area contributed by atoms with Gasteiger partial charge in [0.1, 0.15) is 6.61 Å². The minimum atomic E-state index is -0.442. The van der Waals surface area contributed by atoms with Crippen molar-refractivity contribution in [1.82, 2.24) is 10.2 Å². The molecule has 1 rings (SSSR count). The summed E-state index contributed by atoms with van der Waals surface area (Å²) in [6.07, 6.45) is 0. The van der Waals surface area contributed by atoms with Crippen LogP contribution in [0.25, 0.3) is 0 Å². The van der Waals surface area contributed by atoms with Gasteiger partial charge in [-0.2, -0.15) is 0 Å². The van der Waals surface area contributed by atoms with Gasteiger partial charge in [0.2, 0.25) is 5.91 Å². The third kappa shape index (κ3) is 4.91. The molecule has 0 saturated heterocycles. The van der Waals surface area contributed by atoms with Gasteiger partial charge in [0.15, 0.2) is 0 Å². The molecule has 0 unspecified atom stereocenters. The van der Waals surface area contributed by atoms with Gasteiger partial charge < -0.3 is 15.3 Å². The fourth-order valence-corrected chi connectivity index (χ4v) is 1.42. The van der Waals surface area contributed by atoms with Crippen molar-refractivity contribution in [2.24, 2.45) is 0 Å². The second-order valence-corrected chi connectivity index (χ2v) is 3.73. The van der Waals surface area contributed by atoms with Crippen LogP contribution in [0.5, 0.6) is 0 Å². The van der Waals surface area contributed by atoms with Crippen LogP contribution in [0.2, 0.25) is 0 Å². The van der Waals surface area contributed by atoms with E-state index >= 15 is 0 Å². The zero-order valence-corrected chi connectivity index (χ0v) is 9.52. The van der Waals surface area contributed by atoms with E-state index in [1.807, 2.05) is 25.2 Å². The lowest BCUT2D eigenvalue weighted by Gasteiger charge is -2.16. The number of nitrogens with one attached hydrogen (secondary N) is 1. The van der Waals surface area contributed by atoms with Crippen LogP contribution < -0.4 is 5.32 Å². The Morgan fingerprint density at radius 1 is 1.38 bits per heavy atom. The summed E-state index contributed by atoms with van der Waals surface area (Å²) in [5.74, 6) is -0.326. The van der Waals surface area contributed by atoms with Crippen LogP contribution >= 0.6 is 0 Å². The summed E-state index contributed by atoms with van der Waals surface area (Å²) in [5, 5.41) is 11.1. The van der Waals surface area contributed by atoms with Gasteiger partial charge in [0, 0.05) is 19.6 Å². The van der Waals surface area contributed by atoms with Gasteiger partial charge in [-0.1, -0.05) is 30.3 Å². The number of amides is 1. The van der Waals surface area contributed by atoms with Crippen LogP contribution in [-0.2, 0) is 11.3 Å². The maximum atomic E-state index is 10.8. The standard InChI is InChI=1S/C12H18N2O2/c1-14(8-7-13-12(16)10-15)9-11-5-3-2-4-6-11/h2-6,15H,7-10H2,1H3,(H,13,16). The Kier molecular flexibility index (Phi) is 5.53. The van der Waals surface area contributed by atoms with Crippen molar-refractivity contribution in [2.45, 2.75) is 6.54 Å². The summed E-state index contributed by atoms with van der Waals surface area (Å²) in [6.45, 7) is 1.74. The molecule has 16 heavy (non-hydrogen) atoms. The van der Waals surface area contributed by atoms with E-state index in [1.165, 1.54) is 5.56 Å². The van der Waals surface area contributed by atoms with Crippen molar-refractivity contribution in [1.29, 1.82) is 0 Å². The average Bonchev–Trinajstić information content (AvgIpc) is 2.30. The summed E-state index contributed by atoms with van der Waals surface area (Å²) >= 11 is 0. The molecule has 88 valence electrons. The first kappa shape index (κ1) is 12.7. The Bertz CT molecular complexity index is 314. The second-order valence-electron chi connectivity index (χ2n) is 3.73. The lowest BCUT2D eigenvalue weighted by atomic mass is 10.2. The molecule has 4 nitrogen and oxygen atoms in total. The Balaban J connectivity index is 2.21. The number of rotatable bonds is 6. The van der Waals surface area contributed by atoms with E-state index < -0.39 is 6.61 Å². The minimum absolute atomic E-state index is 0.326. The Morgan fingerprint density at radius 2 is 2.06 bits per heavy atom. The first-order valence-corrected chi connectivity index (χ1v) is 5.32. The molecule has 4 heteroatoms. The average molecular weight is 222 g/mol. The van der Waals surface area contributed by atoms with Crippen LogP contribution in [0.1, 0.15) is 5.56 Å². The maximum Gasteiger partial charge on any atom is 0.245 e. The van der Waals surface area contributed by atoms with Crippen molar-refractivity contribution in [2.75, 3.05) is 26.7 Å². The van der Waals surface area contributed by atoms with Gasteiger partial charge >= 0.3 is 0 Å². The number of nitrogens with zero attached hydrogens (tertiary/aromatic N) is 1. The molecule has 0 bridgehead atoms. The summed E-state index contributed by atoms with van der Waals surface area (Å²) in [7, 11) is 2.00. The predicted molar refractivity (Wildman–Crippen MR) is 62.9 cm³/mol. The zero-order valence-electron chi connectivity index (χ0n) is 9.52. The molecule has 0 heterocycles. The lowest BCUT2D eigenvalue weighted by molar-refractivity contribution is -0.123. The van der Waals surface area contributed by atoms with E-state index in [4.69, 9.17) is 5.11 Å². The van der Waals surface area contributed by atoms with Crippen molar-refractivity contribution in [3.63, 3.8) is 0 Å². The monoisotopic (exact) mass is 222 g/mol. The highest BCUT2D eigenvalue weighted by Crippen LogP contribution is 2.01. The van der Waals surface area contributed by atoms with E-state index in [0.717, 1.165) is 13.1 Å². The smallest absolute Gasteiger partial charge is 0.245 e. The maximum absolute atomic E-state index is 10.8. The summed E-state index contributed by atoms with van der Waals surface area (Å²) in [6, 6.07) is 10.2. The largest absolute Gasteiger partial charge is 0.387 e. The molecule has 0 radical (unpaired) electrons. The first-order valence-electron chi connectivity index (χ1n) is 5.32. The van der Waals surface area contributed by atoms with Gasteiger partial charge in [-0.25, -0.2) is 0 Å². The number of carbonyl (C=O) groups excluding carboxylic acids is 1. The minimum Gasteiger partial charge on any atom is -0.387 e. The number of aliphatic hydroxyl groups excluding tert-OH is 1. The highest BCUT2D eigenvalue weighted by atomic mass is 16.3.